The Hall–Kier alpha value is -1.68. The van der Waals surface area contributed by atoms with Gasteiger partial charge in [0.05, 0.1) is 12.2 Å². The van der Waals surface area contributed by atoms with Crippen molar-refractivity contribution in [1.82, 2.24) is 9.78 Å². The Bertz CT molecular complexity index is 531. The monoisotopic (exact) mass is 233 g/mol. The van der Waals surface area contributed by atoms with Gasteiger partial charge in [-0.25, -0.2) is 4.39 Å². The van der Waals surface area contributed by atoms with E-state index in [4.69, 9.17) is 5.73 Å². The van der Waals surface area contributed by atoms with E-state index in [0.29, 0.717) is 18.7 Å². The summed E-state index contributed by atoms with van der Waals surface area (Å²) >= 11 is 0. The maximum atomic E-state index is 13.8. The molecule has 2 N–H and O–H groups in total. The van der Waals surface area contributed by atoms with Crippen LogP contribution in [0.15, 0.2) is 24.3 Å². The molecule has 90 valence electrons. The van der Waals surface area contributed by atoms with Gasteiger partial charge in [0.1, 0.15) is 5.82 Å². The van der Waals surface area contributed by atoms with Crippen LogP contribution in [0, 0.1) is 19.7 Å². The van der Waals surface area contributed by atoms with Gasteiger partial charge < -0.3 is 5.73 Å². The third-order valence-corrected chi connectivity index (χ3v) is 2.78. The van der Waals surface area contributed by atoms with E-state index in [1.807, 2.05) is 26.0 Å². The van der Waals surface area contributed by atoms with Gasteiger partial charge in [0, 0.05) is 17.8 Å². The third kappa shape index (κ3) is 2.53. The number of hydrogen-bond donors (Lipinski definition) is 1. The molecule has 0 atom stereocenters. The molecule has 0 saturated heterocycles. The summed E-state index contributed by atoms with van der Waals surface area (Å²) in [4.78, 5) is 0. The molecule has 1 aromatic heterocycles. The van der Waals surface area contributed by atoms with Gasteiger partial charge >= 0.3 is 0 Å². The van der Waals surface area contributed by atoms with Crippen molar-refractivity contribution in [1.29, 1.82) is 0 Å². The fourth-order valence-electron chi connectivity index (χ4n) is 1.84. The van der Waals surface area contributed by atoms with Crippen LogP contribution in [0.3, 0.4) is 0 Å². The highest BCUT2D eigenvalue weighted by Gasteiger charge is 2.07. The van der Waals surface area contributed by atoms with E-state index in [2.05, 4.69) is 5.10 Å². The number of benzene rings is 1. The summed E-state index contributed by atoms with van der Waals surface area (Å²) < 4.78 is 15.6. The van der Waals surface area contributed by atoms with Crippen molar-refractivity contribution in [2.24, 2.45) is 5.73 Å². The molecule has 1 heterocycles. The van der Waals surface area contributed by atoms with Crippen molar-refractivity contribution < 1.29 is 4.39 Å². The van der Waals surface area contributed by atoms with Crippen LogP contribution in [0.2, 0.25) is 0 Å². The molecule has 0 aliphatic carbocycles. The molecule has 17 heavy (non-hydrogen) atoms. The van der Waals surface area contributed by atoms with Crippen LogP contribution in [0.5, 0.6) is 0 Å². The highest BCUT2D eigenvalue weighted by molar-refractivity contribution is 5.25. The lowest BCUT2D eigenvalue weighted by molar-refractivity contribution is 0.577. The van der Waals surface area contributed by atoms with E-state index in [1.54, 1.807) is 10.7 Å². The Morgan fingerprint density at radius 3 is 2.59 bits per heavy atom. The molecular formula is C13H16FN3. The molecule has 4 heteroatoms. The number of hydrogen-bond acceptors (Lipinski definition) is 2. The van der Waals surface area contributed by atoms with E-state index in [-0.39, 0.29) is 5.82 Å². The first-order valence-electron chi connectivity index (χ1n) is 5.58. The first-order valence-corrected chi connectivity index (χ1v) is 5.58. The van der Waals surface area contributed by atoms with Gasteiger partial charge in [0.2, 0.25) is 0 Å². The van der Waals surface area contributed by atoms with Gasteiger partial charge in [-0.05, 0) is 31.5 Å². The molecular weight excluding hydrogens is 217 g/mol. The van der Waals surface area contributed by atoms with Crippen LogP contribution in [-0.2, 0) is 13.1 Å². The summed E-state index contributed by atoms with van der Waals surface area (Å²) in [6, 6.07) is 7.09. The lowest BCUT2D eigenvalue weighted by Gasteiger charge is -2.07. The zero-order chi connectivity index (χ0) is 12.4. The predicted octanol–water partition coefficient (Wildman–Crippen LogP) is 2.15. The Kier molecular flexibility index (Phi) is 3.24. The zero-order valence-corrected chi connectivity index (χ0v) is 10.1. The molecule has 0 bridgehead atoms. The summed E-state index contributed by atoms with van der Waals surface area (Å²) in [5.74, 6) is -0.222. The highest BCUT2D eigenvalue weighted by Crippen LogP contribution is 2.13. The topological polar surface area (TPSA) is 43.8 Å². The molecule has 0 amide bonds. The molecule has 0 fully saturated rings. The normalized spacial score (nSPS) is 10.8. The second-order valence-corrected chi connectivity index (χ2v) is 4.21. The predicted molar refractivity (Wildman–Crippen MR) is 65.1 cm³/mol. The first-order chi connectivity index (χ1) is 8.10. The lowest BCUT2D eigenvalue weighted by Crippen LogP contribution is -2.06. The summed E-state index contributed by atoms with van der Waals surface area (Å²) in [5.41, 5.74) is 8.88. The minimum atomic E-state index is -0.222. The maximum Gasteiger partial charge on any atom is 0.128 e. The van der Waals surface area contributed by atoms with Crippen molar-refractivity contribution in [3.05, 3.63) is 52.6 Å². The fraction of sp³-hybridized carbons (Fsp3) is 0.308. The molecule has 2 rings (SSSR count). The highest BCUT2D eigenvalue weighted by atomic mass is 19.1. The summed E-state index contributed by atoms with van der Waals surface area (Å²) in [6.07, 6.45) is 0. The fourth-order valence-corrected chi connectivity index (χ4v) is 1.84. The standard InChI is InChI=1S/C13H16FN3/c1-9-5-10(2)17(16-9)8-12-4-3-11(7-15)6-13(12)14/h3-6H,7-8,15H2,1-2H3. The molecule has 0 unspecified atom stereocenters. The van der Waals surface area contributed by atoms with E-state index >= 15 is 0 Å². The van der Waals surface area contributed by atoms with Gasteiger partial charge in [0.25, 0.3) is 0 Å². The zero-order valence-electron chi connectivity index (χ0n) is 10.1. The minimum Gasteiger partial charge on any atom is -0.326 e. The van der Waals surface area contributed by atoms with E-state index in [1.165, 1.54) is 6.07 Å². The van der Waals surface area contributed by atoms with E-state index in [0.717, 1.165) is 17.0 Å². The first kappa shape index (κ1) is 11.8. The average molecular weight is 233 g/mol. The van der Waals surface area contributed by atoms with Crippen LogP contribution in [0.4, 0.5) is 4.39 Å². The minimum absolute atomic E-state index is 0.222. The molecule has 0 aliphatic heterocycles. The second-order valence-electron chi connectivity index (χ2n) is 4.21. The van der Waals surface area contributed by atoms with Gasteiger partial charge in [-0.15, -0.1) is 0 Å². The van der Waals surface area contributed by atoms with E-state index < -0.39 is 0 Å². The van der Waals surface area contributed by atoms with Gasteiger partial charge in [0.15, 0.2) is 0 Å². The molecule has 0 spiro atoms. The molecule has 2 aromatic rings. The summed E-state index contributed by atoms with van der Waals surface area (Å²) in [5, 5.41) is 4.31. The SMILES string of the molecule is Cc1cc(C)n(Cc2ccc(CN)cc2F)n1. The molecule has 1 aromatic carbocycles. The van der Waals surface area contributed by atoms with Gasteiger partial charge in [-0.2, -0.15) is 5.10 Å². The molecule has 0 aliphatic rings. The van der Waals surface area contributed by atoms with Crippen LogP contribution >= 0.6 is 0 Å². The number of nitrogens with zero attached hydrogens (tertiary/aromatic N) is 2. The number of nitrogens with two attached hydrogens (primary N) is 1. The van der Waals surface area contributed by atoms with E-state index in [9.17, 15) is 4.39 Å². The summed E-state index contributed by atoms with van der Waals surface area (Å²) in [6.45, 7) is 4.71. The van der Waals surface area contributed by atoms with Gasteiger partial charge in [-0.3, -0.25) is 4.68 Å². The smallest absolute Gasteiger partial charge is 0.128 e. The van der Waals surface area contributed by atoms with Crippen LogP contribution in [-0.4, -0.2) is 9.78 Å². The Morgan fingerprint density at radius 2 is 2.06 bits per heavy atom. The van der Waals surface area contributed by atoms with Crippen LogP contribution < -0.4 is 5.73 Å². The number of rotatable bonds is 3. The van der Waals surface area contributed by atoms with Crippen molar-refractivity contribution >= 4 is 0 Å². The van der Waals surface area contributed by atoms with Crippen molar-refractivity contribution in [3.8, 4) is 0 Å². The largest absolute Gasteiger partial charge is 0.326 e. The average Bonchev–Trinajstić information content (AvgIpc) is 2.60. The summed E-state index contributed by atoms with van der Waals surface area (Å²) in [7, 11) is 0. The lowest BCUT2D eigenvalue weighted by atomic mass is 10.1. The number of aryl methyl sites for hydroxylation is 2. The number of aromatic nitrogens is 2. The van der Waals surface area contributed by atoms with Crippen molar-refractivity contribution in [3.63, 3.8) is 0 Å². The molecule has 3 nitrogen and oxygen atoms in total. The quantitative estimate of drug-likeness (QED) is 0.882. The third-order valence-electron chi connectivity index (χ3n) is 2.78. The Balaban J connectivity index is 2.27. The Labute approximate surface area is 100 Å². The second kappa shape index (κ2) is 4.67. The van der Waals surface area contributed by atoms with Crippen LogP contribution in [0.1, 0.15) is 22.5 Å². The van der Waals surface area contributed by atoms with Crippen molar-refractivity contribution in [2.45, 2.75) is 26.9 Å². The molecule has 0 radical (unpaired) electrons. The number of halogens is 1. The Morgan fingerprint density at radius 1 is 1.29 bits per heavy atom. The van der Waals surface area contributed by atoms with Crippen molar-refractivity contribution in [2.75, 3.05) is 0 Å². The van der Waals surface area contributed by atoms with Gasteiger partial charge in [-0.1, -0.05) is 12.1 Å². The molecule has 0 saturated carbocycles. The van der Waals surface area contributed by atoms with Crippen LogP contribution in [0.25, 0.3) is 0 Å². The maximum absolute atomic E-state index is 13.8.